The number of anilines is 2. The first-order valence-electron chi connectivity index (χ1n) is 8.64. The summed E-state index contributed by atoms with van der Waals surface area (Å²) in [5.41, 5.74) is 4.30. The van der Waals surface area contributed by atoms with E-state index < -0.39 is 0 Å². The number of hydrogen-bond donors (Lipinski definition) is 2. The number of ether oxygens (including phenoxy) is 2. The molecule has 0 atom stereocenters. The molecule has 0 spiro atoms. The molecule has 0 saturated carbocycles. The molecule has 0 bridgehead atoms. The minimum atomic E-state index is -0.227. The molecule has 0 radical (unpaired) electrons. The number of aromatic nitrogens is 1. The summed E-state index contributed by atoms with van der Waals surface area (Å²) >= 11 is 0. The summed E-state index contributed by atoms with van der Waals surface area (Å²) in [6, 6.07) is 17.2. The van der Waals surface area contributed by atoms with Crippen LogP contribution in [-0.2, 0) is 6.54 Å². The number of fused-ring (bicyclic) bond motifs is 1. The topological polar surface area (TPSA) is 72.5 Å². The Kier molecular flexibility index (Phi) is 4.61. The fourth-order valence-corrected chi connectivity index (χ4v) is 2.73. The SMILES string of the molecule is Cc1ccc(Nc2ccc(C(=O)NCc3ccc4c(c3)OCO4)nc2)cc1. The molecular formula is C21H19N3O3. The maximum absolute atomic E-state index is 12.3. The van der Waals surface area contributed by atoms with Gasteiger partial charge in [0.25, 0.3) is 5.91 Å². The summed E-state index contributed by atoms with van der Waals surface area (Å²) < 4.78 is 10.6. The van der Waals surface area contributed by atoms with E-state index in [1.807, 2.05) is 55.5 Å². The highest BCUT2D eigenvalue weighted by Gasteiger charge is 2.14. The number of aryl methyl sites for hydroxylation is 1. The standard InChI is InChI=1S/C21H19N3O3/c1-14-2-5-16(6-3-14)24-17-7-8-18(22-12-17)21(25)23-11-15-4-9-19-20(10-15)27-13-26-19/h2-10,12,24H,11,13H2,1H3,(H,23,25). The maximum atomic E-state index is 12.3. The highest BCUT2D eigenvalue weighted by Crippen LogP contribution is 2.32. The Morgan fingerprint density at radius 2 is 1.78 bits per heavy atom. The molecule has 2 N–H and O–H groups in total. The predicted octanol–water partition coefficient (Wildman–Crippen LogP) is 3.79. The van der Waals surface area contributed by atoms with Crippen molar-refractivity contribution < 1.29 is 14.3 Å². The molecule has 1 aliphatic heterocycles. The molecule has 0 unspecified atom stereocenters. The Labute approximate surface area is 157 Å². The molecule has 136 valence electrons. The van der Waals surface area contributed by atoms with Crippen LogP contribution in [0.3, 0.4) is 0 Å². The molecule has 2 aromatic carbocycles. The van der Waals surface area contributed by atoms with Gasteiger partial charge in [-0.25, -0.2) is 4.98 Å². The third-order valence-corrected chi connectivity index (χ3v) is 4.23. The summed E-state index contributed by atoms with van der Waals surface area (Å²) in [6.07, 6.45) is 1.65. The van der Waals surface area contributed by atoms with E-state index in [0.717, 1.165) is 22.7 Å². The quantitative estimate of drug-likeness (QED) is 0.723. The lowest BCUT2D eigenvalue weighted by Gasteiger charge is -2.08. The Balaban J connectivity index is 1.35. The number of benzene rings is 2. The van der Waals surface area contributed by atoms with Gasteiger partial charge in [0.2, 0.25) is 6.79 Å². The van der Waals surface area contributed by atoms with Crippen molar-refractivity contribution in [3.63, 3.8) is 0 Å². The average molecular weight is 361 g/mol. The fourth-order valence-electron chi connectivity index (χ4n) is 2.73. The zero-order valence-corrected chi connectivity index (χ0v) is 14.9. The van der Waals surface area contributed by atoms with Crippen LogP contribution in [-0.4, -0.2) is 17.7 Å². The second kappa shape index (κ2) is 7.37. The van der Waals surface area contributed by atoms with E-state index in [9.17, 15) is 4.79 Å². The fraction of sp³-hybridized carbons (Fsp3) is 0.143. The lowest BCUT2D eigenvalue weighted by molar-refractivity contribution is 0.0946. The second-order valence-corrected chi connectivity index (χ2v) is 6.29. The van der Waals surface area contributed by atoms with Crippen LogP contribution in [0.25, 0.3) is 0 Å². The molecule has 27 heavy (non-hydrogen) atoms. The Bertz CT molecular complexity index is 953. The first-order valence-corrected chi connectivity index (χ1v) is 8.64. The smallest absolute Gasteiger partial charge is 0.270 e. The van der Waals surface area contributed by atoms with Crippen LogP contribution in [0.4, 0.5) is 11.4 Å². The molecule has 6 nitrogen and oxygen atoms in total. The van der Waals surface area contributed by atoms with Crippen molar-refractivity contribution in [2.24, 2.45) is 0 Å². The van der Waals surface area contributed by atoms with Gasteiger partial charge in [0, 0.05) is 12.2 Å². The minimum Gasteiger partial charge on any atom is -0.454 e. The number of pyridine rings is 1. The van der Waals surface area contributed by atoms with Crippen LogP contribution in [0, 0.1) is 6.92 Å². The van der Waals surface area contributed by atoms with Crippen LogP contribution in [0.5, 0.6) is 11.5 Å². The lowest BCUT2D eigenvalue weighted by atomic mass is 10.2. The normalized spacial score (nSPS) is 11.9. The van der Waals surface area contributed by atoms with Crippen molar-refractivity contribution in [3.8, 4) is 11.5 Å². The van der Waals surface area contributed by atoms with Gasteiger partial charge in [-0.15, -0.1) is 0 Å². The maximum Gasteiger partial charge on any atom is 0.270 e. The van der Waals surface area contributed by atoms with Crippen LogP contribution in [0.15, 0.2) is 60.8 Å². The van der Waals surface area contributed by atoms with Gasteiger partial charge in [-0.2, -0.15) is 0 Å². The number of carbonyl (C=O) groups is 1. The summed E-state index contributed by atoms with van der Waals surface area (Å²) in [4.78, 5) is 16.6. The van der Waals surface area contributed by atoms with E-state index in [2.05, 4.69) is 15.6 Å². The van der Waals surface area contributed by atoms with E-state index in [0.29, 0.717) is 18.0 Å². The average Bonchev–Trinajstić information content (AvgIpc) is 3.16. The zero-order valence-electron chi connectivity index (χ0n) is 14.9. The summed E-state index contributed by atoms with van der Waals surface area (Å²) in [5, 5.41) is 6.12. The molecule has 4 rings (SSSR count). The number of hydrogen-bond acceptors (Lipinski definition) is 5. The van der Waals surface area contributed by atoms with Crippen LogP contribution >= 0.6 is 0 Å². The van der Waals surface area contributed by atoms with Crippen molar-refractivity contribution in [1.82, 2.24) is 10.3 Å². The van der Waals surface area contributed by atoms with Crippen molar-refractivity contribution in [2.75, 3.05) is 12.1 Å². The third kappa shape index (κ3) is 4.00. The molecule has 1 amide bonds. The third-order valence-electron chi connectivity index (χ3n) is 4.23. The summed E-state index contributed by atoms with van der Waals surface area (Å²) in [6.45, 7) is 2.67. The van der Waals surface area contributed by atoms with Crippen LogP contribution < -0.4 is 20.1 Å². The Morgan fingerprint density at radius 1 is 1.00 bits per heavy atom. The molecule has 1 aromatic heterocycles. The van der Waals surface area contributed by atoms with E-state index in [1.165, 1.54) is 5.56 Å². The summed E-state index contributed by atoms with van der Waals surface area (Å²) in [7, 11) is 0. The molecule has 6 heteroatoms. The van der Waals surface area contributed by atoms with Crippen LogP contribution in [0.2, 0.25) is 0 Å². The monoisotopic (exact) mass is 361 g/mol. The van der Waals surface area contributed by atoms with E-state index in [-0.39, 0.29) is 12.7 Å². The highest BCUT2D eigenvalue weighted by atomic mass is 16.7. The molecule has 0 fully saturated rings. The molecule has 3 aromatic rings. The number of nitrogens with zero attached hydrogens (tertiary/aromatic N) is 1. The van der Waals surface area contributed by atoms with Gasteiger partial charge in [0.15, 0.2) is 11.5 Å². The molecular weight excluding hydrogens is 342 g/mol. The van der Waals surface area contributed by atoms with E-state index >= 15 is 0 Å². The predicted molar refractivity (Wildman–Crippen MR) is 102 cm³/mol. The number of amides is 1. The minimum absolute atomic E-state index is 0.227. The first kappa shape index (κ1) is 16.9. The van der Waals surface area contributed by atoms with Crippen molar-refractivity contribution in [3.05, 3.63) is 77.6 Å². The van der Waals surface area contributed by atoms with Gasteiger partial charge < -0.3 is 20.1 Å². The summed E-state index contributed by atoms with van der Waals surface area (Å²) in [5.74, 6) is 1.20. The van der Waals surface area contributed by atoms with Gasteiger partial charge in [-0.05, 0) is 48.9 Å². The van der Waals surface area contributed by atoms with E-state index in [1.54, 1.807) is 12.3 Å². The number of nitrogens with one attached hydrogen (secondary N) is 2. The van der Waals surface area contributed by atoms with Crippen molar-refractivity contribution in [1.29, 1.82) is 0 Å². The van der Waals surface area contributed by atoms with Gasteiger partial charge in [-0.3, -0.25) is 4.79 Å². The largest absolute Gasteiger partial charge is 0.454 e. The highest BCUT2D eigenvalue weighted by molar-refractivity contribution is 5.92. The Morgan fingerprint density at radius 3 is 2.56 bits per heavy atom. The molecule has 0 saturated heterocycles. The molecule has 0 aliphatic carbocycles. The second-order valence-electron chi connectivity index (χ2n) is 6.29. The van der Waals surface area contributed by atoms with E-state index in [4.69, 9.17) is 9.47 Å². The van der Waals surface area contributed by atoms with Gasteiger partial charge in [0.05, 0.1) is 11.9 Å². The Hall–Kier alpha value is -3.54. The lowest BCUT2D eigenvalue weighted by Crippen LogP contribution is -2.23. The zero-order chi connectivity index (χ0) is 18.6. The van der Waals surface area contributed by atoms with Crippen molar-refractivity contribution in [2.45, 2.75) is 13.5 Å². The van der Waals surface area contributed by atoms with Gasteiger partial charge in [0.1, 0.15) is 5.69 Å². The van der Waals surface area contributed by atoms with Crippen molar-refractivity contribution >= 4 is 17.3 Å². The van der Waals surface area contributed by atoms with Gasteiger partial charge in [-0.1, -0.05) is 23.8 Å². The molecule has 2 heterocycles. The van der Waals surface area contributed by atoms with Crippen LogP contribution in [0.1, 0.15) is 21.6 Å². The number of carbonyl (C=O) groups excluding carboxylic acids is 1. The first-order chi connectivity index (χ1) is 13.2. The number of rotatable bonds is 5. The van der Waals surface area contributed by atoms with Gasteiger partial charge >= 0.3 is 0 Å². The molecule has 1 aliphatic rings.